The van der Waals surface area contributed by atoms with Crippen molar-refractivity contribution in [3.63, 3.8) is 0 Å². The fourth-order valence-electron chi connectivity index (χ4n) is 5.30. The Bertz CT molecular complexity index is 1420. The first-order valence-corrected chi connectivity index (χ1v) is 11.7. The molecule has 176 valence electrons. The van der Waals surface area contributed by atoms with Gasteiger partial charge >= 0.3 is 0 Å². The van der Waals surface area contributed by atoms with Gasteiger partial charge in [0.15, 0.2) is 11.5 Å². The molecule has 34 heavy (non-hydrogen) atoms. The summed E-state index contributed by atoms with van der Waals surface area (Å²) >= 11 is 6.79. The Morgan fingerprint density at radius 3 is 2.79 bits per heavy atom. The third kappa shape index (κ3) is 3.12. The Labute approximate surface area is 200 Å². The Hall–Kier alpha value is -3.11. The van der Waals surface area contributed by atoms with Crippen LogP contribution in [0.4, 0.5) is 16.0 Å². The van der Waals surface area contributed by atoms with Crippen LogP contribution in [0.1, 0.15) is 25.0 Å². The molecular formula is C23H25ClFN9. The number of nitrogens with one attached hydrogen (secondary N) is 1. The minimum atomic E-state index is -1.07. The summed E-state index contributed by atoms with van der Waals surface area (Å²) in [7, 11) is 3.80. The van der Waals surface area contributed by atoms with Crippen LogP contribution in [-0.2, 0) is 0 Å². The molecule has 1 aromatic carbocycles. The highest BCUT2D eigenvalue weighted by Gasteiger charge is 2.47. The van der Waals surface area contributed by atoms with Crippen LogP contribution in [-0.4, -0.2) is 68.5 Å². The van der Waals surface area contributed by atoms with Gasteiger partial charge in [0.05, 0.1) is 28.5 Å². The molecule has 2 fully saturated rings. The van der Waals surface area contributed by atoms with Crippen LogP contribution in [0.2, 0.25) is 5.02 Å². The van der Waals surface area contributed by atoms with E-state index in [4.69, 9.17) is 27.3 Å². The van der Waals surface area contributed by atoms with Gasteiger partial charge in [-0.3, -0.25) is 10.1 Å². The molecule has 3 N–H and O–H groups in total. The van der Waals surface area contributed by atoms with Crippen molar-refractivity contribution in [3.8, 4) is 11.3 Å². The van der Waals surface area contributed by atoms with Crippen LogP contribution in [0, 0.1) is 6.92 Å². The van der Waals surface area contributed by atoms with Crippen LogP contribution >= 0.6 is 11.6 Å². The molecule has 0 radical (unpaired) electrons. The van der Waals surface area contributed by atoms with E-state index < -0.39 is 12.2 Å². The number of hydrogen-bond acceptors (Lipinski definition) is 8. The van der Waals surface area contributed by atoms with Gasteiger partial charge in [0.1, 0.15) is 28.7 Å². The molecule has 4 atom stereocenters. The maximum Gasteiger partial charge on any atom is 0.177 e. The van der Waals surface area contributed by atoms with Gasteiger partial charge in [-0.05, 0) is 38.3 Å². The largest absolute Gasteiger partial charge is 0.361 e. The lowest BCUT2D eigenvalue weighted by Crippen LogP contribution is -2.56. The van der Waals surface area contributed by atoms with E-state index in [0.29, 0.717) is 56.5 Å². The number of alkyl halides is 1. The van der Waals surface area contributed by atoms with Crippen molar-refractivity contribution in [3.05, 3.63) is 29.0 Å². The van der Waals surface area contributed by atoms with Crippen LogP contribution in [0.3, 0.4) is 0 Å². The fraction of sp³-hybridized carbons (Fsp3) is 0.435. The van der Waals surface area contributed by atoms with Crippen molar-refractivity contribution < 1.29 is 4.39 Å². The van der Waals surface area contributed by atoms with Crippen molar-refractivity contribution >= 4 is 45.4 Å². The van der Waals surface area contributed by atoms with E-state index in [1.54, 1.807) is 6.20 Å². The first kappa shape index (κ1) is 21.4. The first-order valence-electron chi connectivity index (χ1n) is 11.4. The summed E-state index contributed by atoms with van der Waals surface area (Å²) in [6.07, 6.45) is 2.94. The van der Waals surface area contributed by atoms with Crippen molar-refractivity contribution in [2.45, 2.75) is 50.5 Å². The second-order valence-corrected chi connectivity index (χ2v) is 9.75. The minimum absolute atomic E-state index is 0.180. The topological polar surface area (TPSA) is 113 Å². The zero-order valence-electron chi connectivity index (χ0n) is 19.1. The van der Waals surface area contributed by atoms with Gasteiger partial charge in [-0.1, -0.05) is 11.6 Å². The highest BCUT2D eigenvalue weighted by atomic mass is 35.5. The molecule has 2 aliphatic rings. The number of hydrogen-bond donors (Lipinski definition) is 2. The van der Waals surface area contributed by atoms with Crippen LogP contribution in [0.25, 0.3) is 33.5 Å². The summed E-state index contributed by atoms with van der Waals surface area (Å²) in [5, 5.41) is 7.94. The predicted octanol–water partition coefficient (Wildman–Crippen LogP) is 3.40. The number of rotatable bonds is 3. The molecule has 0 saturated carbocycles. The summed E-state index contributed by atoms with van der Waals surface area (Å²) in [5.74, 6) is 1.40. The van der Waals surface area contributed by atoms with Crippen LogP contribution < -0.4 is 15.5 Å². The third-order valence-corrected chi connectivity index (χ3v) is 7.39. The van der Waals surface area contributed by atoms with E-state index in [-0.39, 0.29) is 12.1 Å². The lowest BCUT2D eigenvalue weighted by Gasteiger charge is -2.41. The number of aryl methyl sites for hydroxylation is 1. The summed E-state index contributed by atoms with van der Waals surface area (Å²) in [4.78, 5) is 22.8. The second-order valence-electron chi connectivity index (χ2n) is 9.37. The van der Waals surface area contributed by atoms with Gasteiger partial charge in [-0.2, -0.15) is 5.10 Å². The van der Waals surface area contributed by atoms with Crippen molar-refractivity contribution in [1.29, 1.82) is 0 Å². The van der Waals surface area contributed by atoms with Gasteiger partial charge < -0.3 is 15.5 Å². The average Bonchev–Trinajstić information content (AvgIpc) is 3.37. The molecule has 3 aromatic heterocycles. The normalized spacial score (nSPS) is 24.4. The molecule has 6 rings (SSSR count). The summed E-state index contributed by atoms with van der Waals surface area (Å²) in [5.41, 5.74) is 10.5. The predicted molar refractivity (Wildman–Crippen MR) is 131 cm³/mol. The van der Waals surface area contributed by atoms with E-state index in [1.807, 2.05) is 38.1 Å². The molecule has 0 unspecified atom stereocenters. The van der Waals surface area contributed by atoms with E-state index in [0.717, 1.165) is 18.5 Å². The van der Waals surface area contributed by atoms with Gasteiger partial charge in [-0.25, -0.2) is 19.3 Å². The van der Waals surface area contributed by atoms with Gasteiger partial charge in [0.25, 0.3) is 0 Å². The second kappa shape index (κ2) is 7.71. The molecule has 0 amide bonds. The molecule has 0 spiro atoms. The van der Waals surface area contributed by atoms with Gasteiger partial charge in [0, 0.05) is 31.7 Å². The number of nitrogens with zero attached hydrogens (tertiary/aromatic N) is 7. The minimum Gasteiger partial charge on any atom is -0.361 e. The smallest absolute Gasteiger partial charge is 0.177 e. The standard InChI is InChI=1S/C23H25ClFN9/c1-10-23(34-11-4-7-15(34)18(25)13(26)8-11)30-22-21(28-10)19(31-32-22)12-5-6-14-20(17(12)24)29-16(9-27-14)33(2)3/h5-6,9,11,13,15,18H,4,7-8,26H2,1-3H3,(H,30,31,32)/t11-,13-,15+,18-/m0/s1. The molecule has 2 aliphatic heterocycles. The van der Waals surface area contributed by atoms with E-state index in [9.17, 15) is 4.39 Å². The summed E-state index contributed by atoms with van der Waals surface area (Å²) in [6.45, 7) is 1.90. The number of benzene rings is 1. The number of anilines is 2. The molecule has 2 saturated heterocycles. The zero-order chi connectivity index (χ0) is 23.7. The summed E-state index contributed by atoms with van der Waals surface area (Å²) in [6, 6.07) is 3.24. The number of nitrogens with two attached hydrogens (primary N) is 1. The number of halogens is 2. The highest BCUT2D eigenvalue weighted by Crippen LogP contribution is 2.41. The Balaban J connectivity index is 1.45. The van der Waals surface area contributed by atoms with E-state index >= 15 is 0 Å². The number of aromatic amines is 1. The van der Waals surface area contributed by atoms with E-state index in [1.165, 1.54) is 0 Å². The Morgan fingerprint density at radius 1 is 1.18 bits per heavy atom. The average molecular weight is 482 g/mol. The van der Waals surface area contributed by atoms with Gasteiger partial charge in [0.2, 0.25) is 0 Å². The number of aromatic nitrogens is 6. The molecular weight excluding hydrogens is 457 g/mol. The monoisotopic (exact) mass is 481 g/mol. The first-order chi connectivity index (χ1) is 16.3. The van der Waals surface area contributed by atoms with Crippen LogP contribution in [0.15, 0.2) is 18.3 Å². The number of piperidine rings is 1. The highest BCUT2D eigenvalue weighted by molar-refractivity contribution is 6.38. The maximum atomic E-state index is 14.9. The number of H-pyrrole nitrogens is 1. The Kier molecular flexibility index (Phi) is 4.86. The maximum absolute atomic E-state index is 14.9. The SMILES string of the molecule is Cc1nc2c(-c3ccc4ncc(N(C)C)nc4c3Cl)n[nH]c2nc1N1[C@H]2CC[C@@H]1[C@@H](F)[C@@H](N)C2. The Morgan fingerprint density at radius 2 is 2.00 bits per heavy atom. The molecule has 4 aromatic rings. The lowest BCUT2D eigenvalue weighted by atomic mass is 9.96. The quantitative estimate of drug-likeness (QED) is 0.458. The molecule has 11 heteroatoms. The van der Waals surface area contributed by atoms with Gasteiger partial charge in [-0.15, -0.1) is 0 Å². The fourth-order valence-corrected chi connectivity index (χ4v) is 5.59. The van der Waals surface area contributed by atoms with E-state index in [2.05, 4.69) is 25.1 Å². The van der Waals surface area contributed by atoms with Crippen molar-refractivity contribution in [1.82, 2.24) is 30.1 Å². The zero-order valence-corrected chi connectivity index (χ0v) is 19.9. The lowest BCUT2D eigenvalue weighted by molar-refractivity contribution is 0.203. The van der Waals surface area contributed by atoms with Crippen molar-refractivity contribution in [2.24, 2.45) is 5.73 Å². The number of fused-ring (bicyclic) bond motifs is 4. The molecule has 9 nitrogen and oxygen atoms in total. The van der Waals surface area contributed by atoms with Crippen LogP contribution in [0.5, 0.6) is 0 Å². The van der Waals surface area contributed by atoms with Crippen molar-refractivity contribution in [2.75, 3.05) is 23.9 Å². The molecule has 2 bridgehead atoms. The molecule has 0 aliphatic carbocycles. The molecule has 5 heterocycles. The third-order valence-electron chi connectivity index (χ3n) is 7.01. The summed E-state index contributed by atoms with van der Waals surface area (Å²) < 4.78 is 14.9.